The van der Waals surface area contributed by atoms with Gasteiger partial charge in [-0.15, -0.1) is 0 Å². The Hall–Kier alpha value is -1.59. The molecule has 0 N–H and O–H groups in total. The molecule has 0 amide bonds. The van der Waals surface area contributed by atoms with E-state index in [0.717, 1.165) is 12.8 Å². The van der Waals surface area contributed by atoms with E-state index in [1.54, 1.807) is 14.2 Å². The van der Waals surface area contributed by atoms with Crippen LogP contribution in [0.2, 0.25) is 0 Å². The third-order valence-corrected chi connectivity index (χ3v) is 4.86. The second kappa shape index (κ2) is 7.99. The number of hydrogen-bond acceptors (Lipinski definition) is 6. The number of carbonyl (C=O) groups is 1. The van der Waals surface area contributed by atoms with Gasteiger partial charge in [0.25, 0.3) is 0 Å². The first kappa shape index (κ1) is 18.7. The smallest absolute Gasteiger partial charge is 0.309 e. The van der Waals surface area contributed by atoms with Gasteiger partial charge >= 0.3 is 5.97 Å². The van der Waals surface area contributed by atoms with Crippen LogP contribution in [0.1, 0.15) is 40.5 Å². The first-order chi connectivity index (χ1) is 11.5. The van der Waals surface area contributed by atoms with Gasteiger partial charge < -0.3 is 14.2 Å². The van der Waals surface area contributed by atoms with Crippen molar-refractivity contribution in [2.45, 2.75) is 52.6 Å². The van der Waals surface area contributed by atoms with Gasteiger partial charge in [-0.25, -0.2) is 9.98 Å². The maximum absolute atomic E-state index is 12.3. The van der Waals surface area contributed by atoms with Gasteiger partial charge in [0.05, 0.1) is 26.7 Å². The molecule has 24 heavy (non-hydrogen) atoms. The maximum atomic E-state index is 12.3. The Labute approximate surface area is 144 Å². The highest BCUT2D eigenvalue weighted by molar-refractivity contribution is 5.95. The zero-order valence-corrected chi connectivity index (χ0v) is 15.6. The molecule has 0 aromatic rings. The molecular weight excluding hydrogens is 308 g/mol. The fourth-order valence-corrected chi connectivity index (χ4v) is 3.68. The van der Waals surface area contributed by atoms with Gasteiger partial charge in [-0.3, -0.25) is 4.79 Å². The second-order valence-corrected chi connectivity index (χ2v) is 6.78. The van der Waals surface area contributed by atoms with Crippen molar-refractivity contribution in [3.8, 4) is 0 Å². The largest absolute Gasteiger partial charge is 0.483 e. The summed E-state index contributed by atoms with van der Waals surface area (Å²) in [6.07, 6.45) is 2.01. The number of aliphatic imine (C=N–C) groups is 2. The lowest BCUT2D eigenvalue weighted by molar-refractivity contribution is -0.145. The van der Waals surface area contributed by atoms with Crippen molar-refractivity contribution in [3.63, 3.8) is 0 Å². The Bertz CT molecular complexity index is 515. The summed E-state index contributed by atoms with van der Waals surface area (Å²) in [6, 6.07) is -0.392. The number of ether oxygens (including phenoxy) is 3. The third-order valence-electron chi connectivity index (χ3n) is 4.86. The van der Waals surface area contributed by atoms with Gasteiger partial charge in [0, 0.05) is 5.92 Å². The SMILES string of the molecule is CCCC1C(C(=O)OCC)C1[C@H]1N=C(OC)[C@@H](C(C)C)N=C1OC. The predicted molar refractivity (Wildman–Crippen MR) is 93.3 cm³/mol. The van der Waals surface area contributed by atoms with Crippen LogP contribution < -0.4 is 0 Å². The van der Waals surface area contributed by atoms with Gasteiger partial charge in [-0.2, -0.15) is 0 Å². The minimum Gasteiger partial charge on any atom is -0.483 e. The zero-order chi connectivity index (χ0) is 17.9. The van der Waals surface area contributed by atoms with E-state index in [-0.39, 0.29) is 41.7 Å². The molecule has 6 heteroatoms. The molecule has 0 aromatic heterocycles. The molecule has 0 radical (unpaired) electrons. The van der Waals surface area contributed by atoms with E-state index in [2.05, 4.69) is 20.8 Å². The summed E-state index contributed by atoms with van der Waals surface area (Å²) in [4.78, 5) is 21.8. The Morgan fingerprint density at radius 1 is 1.12 bits per heavy atom. The number of hydrogen-bond donors (Lipinski definition) is 0. The van der Waals surface area contributed by atoms with Crippen LogP contribution in [0.15, 0.2) is 9.98 Å². The third kappa shape index (κ3) is 3.57. The van der Waals surface area contributed by atoms with Crippen LogP contribution in [0.4, 0.5) is 0 Å². The number of carbonyl (C=O) groups excluding carboxylic acids is 1. The van der Waals surface area contributed by atoms with E-state index in [1.807, 2.05) is 6.92 Å². The number of methoxy groups -OCH3 is 2. The van der Waals surface area contributed by atoms with Crippen LogP contribution in [0.25, 0.3) is 0 Å². The molecule has 0 spiro atoms. The average molecular weight is 338 g/mol. The van der Waals surface area contributed by atoms with E-state index in [1.165, 1.54) is 0 Å². The van der Waals surface area contributed by atoms with Gasteiger partial charge in [-0.1, -0.05) is 27.2 Å². The van der Waals surface area contributed by atoms with E-state index in [4.69, 9.17) is 24.2 Å². The molecule has 0 aromatic carbocycles. The van der Waals surface area contributed by atoms with Crippen molar-refractivity contribution < 1.29 is 19.0 Å². The van der Waals surface area contributed by atoms with Gasteiger partial charge in [-0.05, 0) is 25.2 Å². The predicted octanol–water partition coefficient (Wildman–Crippen LogP) is 2.71. The van der Waals surface area contributed by atoms with Crippen molar-refractivity contribution in [2.75, 3.05) is 20.8 Å². The van der Waals surface area contributed by atoms with Crippen LogP contribution in [0.3, 0.4) is 0 Å². The molecule has 1 heterocycles. The van der Waals surface area contributed by atoms with E-state index in [0.29, 0.717) is 18.4 Å². The van der Waals surface area contributed by atoms with Crippen LogP contribution in [0, 0.1) is 23.7 Å². The summed E-state index contributed by atoms with van der Waals surface area (Å²) in [5.41, 5.74) is 0. The summed E-state index contributed by atoms with van der Waals surface area (Å²) in [6.45, 7) is 8.52. The fraction of sp³-hybridized carbons (Fsp3) is 0.833. The number of rotatable bonds is 6. The lowest BCUT2D eigenvalue weighted by Crippen LogP contribution is -2.39. The molecule has 1 aliphatic carbocycles. The molecule has 1 fully saturated rings. The summed E-state index contributed by atoms with van der Waals surface area (Å²) in [5, 5.41) is 0. The van der Waals surface area contributed by atoms with Gasteiger partial charge in [0.15, 0.2) is 0 Å². The molecule has 2 aliphatic rings. The molecule has 0 bridgehead atoms. The van der Waals surface area contributed by atoms with Crippen LogP contribution in [0.5, 0.6) is 0 Å². The monoisotopic (exact) mass is 338 g/mol. The van der Waals surface area contributed by atoms with Crippen molar-refractivity contribution in [2.24, 2.45) is 33.7 Å². The molecule has 2 rings (SSSR count). The normalized spacial score (nSPS) is 32.0. The summed E-state index contributed by atoms with van der Waals surface area (Å²) in [5.74, 6) is 1.61. The van der Waals surface area contributed by atoms with Crippen molar-refractivity contribution in [1.29, 1.82) is 0 Å². The van der Waals surface area contributed by atoms with Gasteiger partial charge in [0.2, 0.25) is 11.8 Å². The second-order valence-electron chi connectivity index (χ2n) is 6.78. The highest BCUT2D eigenvalue weighted by Gasteiger charge is 2.60. The topological polar surface area (TPSA) is 69.5 Å². The number of nitrogens with zero attached hydrogens (tertiary/aromatic N) is 2. The lowest BCUT2D eigenvalue weighted by Gasteiger charge is -2.27. The van der Waals surface area contributed by atoms with Crippen LogP contribution in [-0.4, -0.2) is 50.7 Å². The maximum Gasteiger partial charge on any atom is 0.309 e. The van der Waals surface area contributed by atoms with E-state index < -0.39 is 0 Å². The van der Waals surface area contributed by atoms with E-state index >= 15 is 0 Å². The fourth-order valence-electron chi connectivity index (χ4n) is 3.68. The molecule has 6 nitrogen and oxygen atoms in total. The minimum absolute atomic E-state index is 0.0842. The molecular formula is C18H30N2O4. The first-order valence-electron chi connectivity index (χ1n) is 8.90. The highest BCUT2D eigenvalue weighted by Crippen LogP contribution is 2.53. The molecule has 1 saturated carbocycles. The lowest BCUT2D eigenvalue weighted by atomic mass is 10.0. The Kier molecular flexibility index (Phi) is 6.24. The van der Waals surface area contributed by atoms with Crippen molar-refractivity contribution >= 4 is 17.8 Å². The molecule has 0 saturated heterocycles. The van der Waals surface area contributed by atoms with Crippen LogP contribution >= 0.6 is 0 Å². The summed E-state index contributed by atoms with van der Waals surface area (Å²) < 4.78 is 16.2. The molecule has 5 atom stereocenters. The summed E-state index contributed by atoms with van der Waals surface area (Å²) >= 11 is 0. The van der Waals surface area contributed by atoms with Crippen molar-refractivity contribution in [1.82, 2.24) is 0 Å². The molecule has 1 aliphatic heterocycles. The Morgan fingerprint density at radius 2 is 1.79 bits per heavy atom. The van der Waals surface area contributed by atoms with E-state index in [9.17, 15) is 4.79 Å². The first-order valence-corrected chi connectivity index (χ1v) is 8.90. The van der Waals surface area contributed by atoms with Gasteiger partial charge in [0.1, 0.15) is 12.1 Å². The summed E-state index contributed by atoms with van der Waals surface area (Å²) in [7, 11) is 3.24. The standard InChI is InChI=1S/C18H30N2O4/c1-7-9-11-12(13(11)18(21)24-8-2)15-17(23-6)19-14(10(3)4)16(20-15)22-5/h10-15H,7-9H2,1-6H3/t11?,12?,13?,14-,15-/m1/s1. The zero-order valence-electron chi connectivity index (χ0n) is 15.6. The number of esters is 1. The minimum atomic E-state index is -0.258. The Balaban J connectivity index is 2.26. The molecule has 3 unspecified atom stereocenters. The molecule has 136 valence electrons. The average Bonchev–Trinajstić information content (AvgIpc) is 3.27. The quantitative estimate of drug-likeness (QED) is 0.698. The van der Waals surface area contributed by atoms with Crippen molar-refractivity contribution in [3.05, 3.63) is 0 Å². The Morgan fingerprint density at radius 3 is 2.29 bits per heavy atom. The van der Waals surface area contributed by atoms with Crippen LogP contribution in [-0.2, 0) is 19.0 Å². The highest BCUT2D eigenvalue weighted by atomic mass is 16.5.